The lowest BCUT2D eigenvalue weighted by atomic mass is 10.1. The molecule has 1 atom stereocenters. The summed E-state index contributed by atoms with van der Waals surface area (Å²) >= 11 is 0. The van der Waals surface area contributed by atoms with E-state index in [4.69, 9.17) is 4.74 Å². The van der Waals surface area contributed by atoms with Crippen LogP contribution in [0.4, 0.5) is 5.69 Å². The highest BCUT2D eigenvalue weighted by atomic mass is 16.5. The number of nitrogens with one attached hydrogen (secondary N) is 1. The molecular weight excluding hydrogens is 300 g/mol. The second kappa shape index (κ2) is 9.80. The van der Waals surface area contributed by atoms with Crippen molar-refractivity contribution in [3.8, 4) is 0 Å². The monoisotopic (exact) mass is 332 g/mol. The Kier molecular flexibility index (Phi) is 7.73. The van der Waals surface area contributed by atoms with Crippen LogP contribution in [0.5, 0.6) is 0 Å². The largest absolute Gasteiger partial charge is 0.378 e. The number of hydrogen-bond donors (Lipinski definition) is 1. The summed E-state index contributed by atoms with van der Waals surface area (Å²) in [7, 11) is 2.08. The van der Waals surface area contributed by atoms with Gasteiger partial charge in [-0.1, -0.05) is 25.1 Å². The molecule has 1 saturated heterocycles. The number of benzene rings is 1. The van der Waals surface area contributed by atoms with Gasteiger partial charge in [-0.15, -0.1) is 0 Å². The minimum atomic E-state index is 0.0970. The fraction of sp³-hybridized carbons (Fsp3) is 0.650. The van der Waals surface area contributed by atoms with Gasteiger partial charge in [0, 0.05) is 31.8 Å². The summed E-state index contributed by atoms with van der Waals surface area (Å²) in [6.45, 7) is 6.85. The number of aryl methyl sites for hydroxylation is 2. The summed E-state index contributed by atoms with van der Waals surface area (Å²) < 4.78 is 5.77. The highest BCUT2D eigenvalue weighted by molar-refractivity contribution is 5.92. The van der Waals surface area contributed by atoms with Crippen LogP contribution in [0.25, 0.3) is 0 Å². The summed E-state index contributed by atoms with van der Waals surface area (Å²) in [5.41, 5.74) is 3.32. The number of anilines is 1. The van der Waals surface area contributed by atoms with E-state index in [1.54, 1.807) is 0 Å². The van der Waals surface area contributed by atoms with Gasteiger partial charge < -0.3 is 15.0 Å². The van der Waals surface area contributed by atoms with Crippen molar-refractivity contribution in [1.82, 2.24) is 4.90 Å². The first-order valence-corrected chi connectivity index (χ1v) is 9.28. The maximum absolute atomic E-state index is 12.3. The minimum Gasteiger partial charge on any atom is -0.378 e. The maximum Gasteiger partial charge on any atom is 0.225 e. The standard InChI is InChI=1S/C20H32N2O2/c1-4-17-9-7-8-16(2)20(17)21-19(23)12-14-22(3)13-11-18-10-5-6-15-24-18/h7-9,18H,4-6,10-15H2,1-3H3,(H,21,23)/t18-/m1/s1. The fourth-order valence-corrected chi connectivity index (χ4v) is 3.21. The normalized spacial score (nSPS) is 17.9. The maximum atomic E-state index is 12.3. The van der Waals surface area contributed by atoms with E-state index in [9.17, 15) is 4.79 Å². The number of para-hydroxylation sites is 1. The van der Waals surface area contributed by atoms with Gasteiger partial charge in [0.1, 0.15) is 0 Å². The number of carbonyl (C=O) groups excluding carboxylic acids is 1. The molecule has 1 aliphatic heterocycles. The van der Waals surface area contributed by atoms with E-state index in [0.717, 1.165) is 43.8 Å². The summed E-state index contributed by atoms with van der Waals surface area (Å²) in [5.74, 6) is 0.0970. The van der Waals surface area contributed by atoms with E-state index in [1.165, 1.54) is 24.8 Å². The van der Waals surface area contributed by atoms with E-state index < -0.39 is 0 Å². The van der Waals surface area contributed by atoms with Crippen LogP contribution in [-0.2, 0) is 16.0 Å². The number of rotatable bonds is 8. The summed E-state index contributed by atoms with van der Waals surface area (Å²) in [6, 6.07) is 6.18. The van der Waals surface area contributed by atoms with Crippen LogP contribution < -0.4 is 5.32 Å². The highest BCUT2D eigenvalue weighted by Gasteiger charge is 2.15. The van der Waals surface area contributed by atoms with E-state index in [2.05, 4.69) is 30.3 Å². The quantitative estimate of drug-likeness (QED) is 0.788. The average molecular weight is 332 g/mol. The van der Waals surface area contributed by atoms with Crippen molar-refractivity contribution in [1.29, 1.82) is 0 Å². The predicted molar refractivity (Wildman–Crippen MR) is 99.5 cm³/mol. The predicted octanol–water partition coefficient (Wildman–Crippen LogP) is 3.78. The number of hydrogen-bond acceptors (Lipinski definition) is 3. The lowest BCUT2D eigenvalue weighted by Crippen LogP contribution is -2.29. The molecule has 0 aliphatic carbocycles. The van der Waals surface area contributed by atoms with Crippen LogP contribution in [0.15, 0.2) is 18.2 Å². The fourth-order valence-electron chi connectivity index (χ4n) is 3.21. The molecule has 2 rings (SSSR count). The van der Waals surface area contributed by atoms with Crippen molar-refractivity contribution in [2.75, 3.05) is 32.1 Å². The Hall–Kier alpha value is -1.39. The number of amides is 1. The molecule has 0 unspecified atom stereocenters. The topological polar surface area (TPSA) is 41.6 Å². The Morgan fingerprint density at radius 1 is 1.33 bits per heavy atom. The highest BCUT2D eigenvalue weighted by Crippen LogP contribution is 2.21. The summed E-state index contributed by atoms with van der Waals surface area (Å²) in [6.07, 6.45) is 6.60. The molecule has 1 aromatic rings. The van der Waals surface area contributed by atoms with Gasteiger partial charge in [-0.2, -0.15) is 0 Å². The SMILES string of the molecule is CCc1cccc(C)c1NC(=O)CCN(C)CC[C@H]1CCCCO1. The van der Waals surface area contributed by atoms with E-state index in [1.807, 2.05) is 19.1 Å². The van der Waals surface area contributed by atoms with Crippen LogP contribution in [0.2, 0.25) is 0 Å². The Labute approximate surface area is 146 Å². The molecule has 1 fully saturated rings. The molecule has 1 aliphatic rings. The third-order valence-corrected chi connectivity index (χ3v) is 4.83. The van der Waals surface area contributed by atoms with Crippen molar-refractivity contribution < 1.29 is 9.53 Å². The molecule has 0 spiro atoms. The number of carbonyl (C=O) groups is 1. The molecule has 1 aromatic carbocycles. The van der Waals surface area contributed by atoms with Gasteiger partial charge in [0.05, 0.1) is 6.10 Å². The molecule has 0 saturated carbocycles. The van der Waals surface area contributed by atoms with Crippen molar-refractivity contribution in [2.45, 2.75) is 58.5 Å². The first-order valence-electron chi connectivity index (χ1n) is 9.28. The number of ether oxygens (including phenoxy) is 1. The second-order valence-electron chi connectivity index (χ2n) is 6.84. The molecule has 24 heavy (non-hydrogen) atoms. The van der Waals surface area contributed by atoms with Crippen molar-refractivity contribution in [2.24, 2.45) is 0 Å². The lowest BCUT2D eigenvalue weighted by molar-refractivity contribution is -0.116. The van der Waals surface area contributed by atoms with Crippen molar-refractivity contribution >= 4 is 11.6 Å². The molecule has 134 valence electrons. The smallest absolute Gasteiger partial charge is 0.225 e. The first-order chi connectivity index (χ1) is 11.6. The van der Waals surface area contributed by atoms with Crippen LogP contribution in [-0.4, -0.2) is 43.7 Å². The molecule has 4 heteroatoms. The van der Waals surface area contributed by atoms with Crippen LogP contribution in [0, 0.1) is 6.92 Å². The van der Waals surface area contributed by atoms with Gasteiger partial charge in [-0.3, -0.25) is 4.79 Å². The van der Waals surface area contributed by atoms with Gasteiger partial charge in [0.2, 0.25) is 5.91 Å². The minimum absolute atomic E-state index is 0.0970. The van der Waals surface area contributed by atoms with E-state index >= 15 is 0 Å². The first kappa shape index (κ1) is 18.9. The molecule has 0 radical (unpaired) electrons. The van der Waals surface area contributed by atoms with Gasteiger partial charge in [-0.05, 0) is 57.2 Å². The van der Waals surface area contributed by atoms with E-state index in [0.29, 0.717) is 12.5 Å². The van der Waals surface area contributed by atoms with Gasteiger partial charge in [0.25, 0.3) is 0 Å². The van der Waals surface area contributed by atoms with Gasteiger partial charge in [-0.25, -0.2) is 0 Å². The van der Waals surface area contributed by atoms with Gasteiger partial charge in [0.15, 0.2) is 0 Å². The molecule has 0 bridgehead atoms. The summed E-state index contributed by atoms with van der Waals surface area (Å²) in [4.78, 5) is 14.5. The Bertz CT molecular complexity index is 524. The summed E-state index contributed by atoms with van der Waals surface area (Å²) in [5, 5.41) is 3.10. The Morgan fingerprint density at radius 3 is 2.88 bits per heavy atom. The van der Waals surface area contributed by atoms with Crippen molar-refractivity contribution in [3.63, 3.8) is 0 Å². The van der Waals surface area contributed by atoms with Crippen LogP contribution >= 0.6 is 0 Å². The average Bonchev–Trinajstić information content (AvgIpc) is 2.60. The zero-order valence-electron chi connectivity index (χ0n) is 15.4. The molecule has 1 heterocycles. The third kappa shape index (κ3) is 5.91. The van der Waals surface area contributed by atoms with Crippen LogP contribution in [0.1, 0.15) is 50.2 Å². The third-order valence-electron chi connectivity index (χ3n) is 4.83. The molecule has 4 nitrogen and oxygen atoms in total. The Balaban J connectivity index is 1.72. The van der Waals surface area contributed by atoms with Crippen LogP contribution in [0.3, 0.4) is 0 Å². The zero-order valence-corrected chi connectivity index (χ0v) is 15.4. The van der Waals surface area contributed by atoms with E-state index in [-0.39, 0.29) is 5.91 Å². The molecule has 0 aromatic heterocycles. The second-order valence-corrected chi connectivity index (χ2v) is 6.84. The molecule has 1 amide bonds. The Morgan fingerprint density at radius 2 is 2.17 bits per heavy atom. The lowest BCUT2D eigenvalue weighted by Gasteiger charge is -2.25. The molecular formula is C20H32N2O2. The number of nitrogens with zero attached hydrogens (tertiary/aromatic N) is 1. The van der Waals surface area contributed by atoms with Crippen molar-refractivity contribution in [3.05, 3.63) is 29.3 Å². The van der Waals surface area contributed by atoms with Gasteiger partial charge >= 0.3 is 0 Å². The zero-order chi connectivity index (χ0) is 17.4. The molecule has 1 N–H and O–H groups in total.